The van der Waals surface area contributed by atoms with Crippen LogP contribution in [0.4, 0.5) is 5.82 Å². The second kappa shape index (κ2) is 8.52. The van der Waals surface area contributed by atoms with E-state index in [0.717, 1.165) is 23.4 Å². The molecule has 0 atom stereocenters. The maximum atomic E-state index is 12.2. The quantitative estimate of drug-likeness (QED) is 0.589. The molecule has 4 rings (SSSR count). The predicted octanol–water partition coefficient (Wildman–Crippen LogP) is 1.94. The molecule has 0 bridgehead atoms. The molecular formula is C19H22ClN7O. The Morgan fingerprint density at radius 1 is 1.07 bits per heavy atom. The summed E-state index contributed by atoms with van der Waals surface area (Å²) in [5, 5.41) is 8.62. The number of hydrogen-bond donors (Lipinski definition) is 0. The smallest absolute Gasteiger partial charge is 0.222 e. The average molecular weight is 400 g/mol. The van der Waals surface area contributed by atoms with Crippen LogP contribution in [-0.4, -0.2) is 67.8 Å². The molecule has 1 aliphatic rings. The number of amides is 1. The molecule has 8 nitrogen and oxygen atoms in total. The molecule has 2 aromatic heterocycles. The molecular weight excluding hydrogens is 378 g/mol. The highest BCUT2D eigenvalue weighted by atomic mass is 35.5. The van der Waals surface area contributed by atoms with Crippen molar-refractivity contribution in [3.05, 3.63) is 42.2 Å². The summed E-state index contributed by atoms with van der Waals surface area (Å²) in [5.41, 5.74) is 2.55. The van der Waals surface area contributed by atoms with E-state index in [1.165, 1.54) is 0 Å². The summed E-state index contributed by atoms with van der Waals surface area (Å²) in [6.45, 7) is 3.38. The number of halogens is 1. The Morgan fingerprint density at radius 2 is 1.86 bits per heavy atom. The van der Waals surface area contributed by atoms with Gasteiger partial charge < -0.3 is 9.80 Å². The van der Waals surface area contributed by atoms with Crippen molar-refractivity contribution in [2.75, 3.05) is 37.0 Å². The van der Waals surface area contributed by atoms with Gasteiger partial charge in [-0.05, 0) is 12.0 Å². The fourth-order valence-corrected chi connectivity index (χ4v) is 3.55. The Bertz CT molecular complexity index is 938. The molecule has 146 valence electrons. The summed E-state index contributed by atoms with van der Waals surface area (Å²) in [6.07, 6.45) is 2.78. The van der Waals surface area contributed by atoms with E-state index in [2.05, 4.69) is 37.3 Å². The molecule has 0 radical (unpaired) electrons. The zero-order valence-electron chi connectivity index (χ0n) is 15.5. The number of alkyl halides is 1. The van der Waals surface area contributed by atoms with Crippen molar-refractivity contribution < 1.29 is 4.79 Å². The van der Waals surface area contributed by atoms with Crippen LogP contribution in [0.15, 0.2) is 36.7 Å². The van der Waals surface area contributed by atoms with E-state index in [1.807, 2.05) is 23.1 Å². The van der Waals surface area contributed by atoms with Gasteiger partial charge in [0, 0.05) is 38.5 Å². The van der Waals surface area contributed by atoms with Gasteiger partial charge in [-0.1, -0.05) is 35.5 Å². The number of carbonyl (C=O) groups is 1. The van der Waals surface area contributed by atoms with Gasteiger partial charge in [0.15, 0.2) is 17.0 Å². The van der Waals surface area contributed by atoms with Gasteiger partial charge in [0.05, 0.1) is 6.54 Å². The molecule has 1 amide bonds. The van der Waals surface area contributed by atoms with Crippen molar-refractivity contribution in [2.24, 2.45) is 0 Å². The number of hydrogen-bond acceptors (Lipinski definition) is 6. The zero-order chi connectivity index (χ0) is 19.3. The van der Waals surface area contributed by atoms with Gasteiger partial charge in [-0.15, -0.1) is 16.7 Å². The summed E-state index contributed by atoms with van der Waals surface area (Å²) in [5.74, 6) is 1.46. The molecule has 0 N–H and O–H groups in total. The van der Waals surface area contributed by atoms with Crippen LogP contribution < -0.4 is 4.90 Å². The third kappa shape index (κ3) is 3.91. The van der Waals surface area contributed by atoms with Crippen LogP contribution in [0.3, 0.4) is 0 Å². The summed E-state index contributed by atoms with van der Waals surface area (Å²) < 4.78 is 1.79. The maximum absolute atomic E-state index is 12.2. The number of piperazine rings is 1. The van der Waals surface area contributed by atoms with Crippen LogP contribution in [0.5, 0.6) is 0 Å². The molecule has 28 heavy (non-hydrogen) atoms. The molecule has 0 spiro atoms. The van der Waals surface area contributed by atoms with Gasteiger partial charge in [-0.25, -0.2) is 14.6 Å². The summed E-state index contributed by atoms with van der Waals surface area (Å²) >= 11 is 5.69. The molecule has 0 saturated carbocycles. The molecule has 3 heterocycles. The monoisotopic (exact) mass is 399 g/mol. The van der Waals surface area contributed by atoms with Crippen LogP contribution in [0.25, 0.3) is 11.2 Å². The fourth-order valence-electron chi connectivity index (χ4n) is 3.42. The van der Waals surface area contributed by atoms with E-state index in [9.17, 15) is 4.79 Å². The number of anilines is 1. The topological polar surface area (TPSA) is 80.0 Å². The SMILES string of the molecule is O=C(CCCCl)N1CCN(c2ncnc3c2nnn3Cc2ccccc2)CC1. The van der Waals surface area contributed by atoms with E-state index < -0.39 is 0 Å². The molecule has 9 heteroatoms. The van der Waals surface area contributed by atoms with E-state index in [1.54, 1.807) is 11.0 Å². The van der Waals surface area contributed by atoms with Gasteiger partial charge in [0.25, 0.3) is 0 Å². The minimum absolute atomic E-state index is 0.168. The second-order valence-electron chi connectivity index (χ2n) is 6.76. The van der Waals surface area contributed by atoms with Gasteiger partial charge in [-0.3, -0.25) is 4.79 Å². The molecule has 0 aliphatic carbocycles. The predicted molar refractivity (Wildman–Crippen MR) is 107 cm³/mol. The Balaban J connectivity index is 1.49. The molecule has 1 aliphatic heterocycles. The van der Waals surface area contributed by atoms with Crippen molar-refractivity contribution in [3.8, 4) is 0 Å². The highest BCUT2D eigenvalue weighted by molar-refractivity contribution is 6.17. The lowest BCUT2D eigenvalue weighted by molar-refractivity contribution is -0.131. The minimum Gasteiger partial charge on any atom is -0.351 e. The summed E-state index contributed by atoms with van der Waals surface area (Å²) in [4.78, 5) is 25.1. The van der Waals surface area contributed by atoms with Crippen molar-refractivity contribution in [1.29, 1.82) is 0 Å². The lowest BCUT2D eigenvalue weighted by Gasteiger charge is -2.35. The van der Waals surface area contributed by atoms with E-state index in [-0.39, 0.29) is 5.91 Å². The van der Waals surface area contributed by atoms with Crippen molar-refractivity contribution >= 4 is 34.5 Å². The number of fused-ring (bicyclic) bond motifs is 1. The van der Waals surface area contributed by atoms with Gasteiger partial charge >= 0.3 is 0 Å². The van der Waals surface area contributed by atoms with Gasteiger partial charge in [0.1, 0.15) is 6.33 Å². The second-order valence-corrected chi connectivity index (χ2v) is 7.14. The molecule has 1 aromatic carbocycles. The van der Waals surface area contributed by atoms with Crippen LogP contribution in [-0.2, 0) is 11.3 Å². The number of carbonyl (C=O) groups excluding carboxylic acids is 1. The Hall–Kier alpha value is -2.74. The van der Waals surface area contributed by atoms with Crippen LogP contribution in [0, 0.1) is 0 Å². The molecule has 1 fully saturated rings. The first kappa shape index (κ1) is 18.6. The molecule has 1 saturated heterocycles. The van der Waals surface area contributed by atoms with Crippen LogP contribution in [0.1, 0.15) is 18.4 Å². The first-order valence-corrected chi connectivity index (χ1v) is 9.96. The van der Waals surface area contributed by atoms with Gasteiger partial charge in [-0.2, -0.15) is 0 Å². The lowest BCUT2D eigenvalue weighted by Crippen LogP contribution is -2.49. The van der Waals surface area contributed by atoms with E-state index in [0.29, 0.717) is 50.5 Å². The first-order chi connectivity index (χ1) is 13.8. The zero-order valence-corrected chi connectivity index (χ0v) is 16.3. The third-order valence-corrected chi connectivity index (χ3v) is 5.18. The van der Waals surface area contributed by atoms with Crippen LogP contribution in [0.2, 0.25) is 0 Å². The minimum atomic E-state index is 0.168. The number of benzene rings is 1. The van der Waals surface area contributed by atoms with Crippen molar-refractivity contribution in [1.82, 2.24) is 29.9 Å². The van der Waals surface area contributed by atoms with Crippen LogP contribution >= 0.6 is 11.6 Å². The van der Waals surface area contributed by atoms with Crippen molar-refractivity contribution in [2.45, 2.75) is 19.4 Å². The highest BCUT2D eigenvalue weighted by Crippen LogP contribution is 2.22. The Morgan fingerprint density at radius 3 is 2.61 bits per heavy atom. The number of aromatic nitrogens is 5. The Kier molecular flexibility index (Phi) is 5.66. The molecule has 3 aromatic rings. The average Bonchev–Trinajstić information content (AvgIpc) is 3.16. The molecule has 0 unspecified atom stereocenters. The third-order valence-electron chi connectivity index (χ3n) is 4.91. The summed E-state index contributed by atoms with van der Waals surface area (Å²) in [6, 6.07) is 10.1. The largest absolute Gasteiger partial charge is 0.351 e. The van der Waals surface area contributed by atoms with Gasteiger partial charge in [0.2, 0.25) is 5.91 Å². The standard InChI is InChI=1S/C19H22ClN7O/c20-8-4-7-16(28)25-9-11-26(12-10-25)18-17-19(22-14-21-18)27(24-23-17)13-15-5-2-1-3-6-15/h1-3,5-6,14H,4,7-13H2. The normalized spacial score (nSPS) is 14.6. The Labute approximate surface area is 168 Å². The lowest BCUT2D eigenvalue weighted by atomic mass is 10.2. The van der Waals surface area contributed by atoms with Crippen molar-refractivity contribution in [3.63, 3.8) is 0 Å². The fraction of sp³-hybridized carbons (Fsp3) is 0.421. The van der Waals surface area contributed by atoms with E-state index in [4.69, 9.17) is 11.6 Å². The maximum Gasteiger partial charge on any atom is 0.222 e. The number of rotatable bonds is 6. The van der Waals surface area contributed by atoms with E-state index >= 15 is 0 Å². The summed E-state index contributed by atoms with van der Waals surface area (Å²) in [7, 11) is 0. The highest BCUT2D eigenvalue weighted by Gasteiger charge is 2.24. The number of nitrogens with zero attached hydrogens (tertiary/aromatic N) is 7. The first-order valence-electron chi connectivity index (χ1n) is 9.43.